The first kappa shape index (κ1) is 16.6. The number of hydrogen-bond acceptors (Lipinski definition) is 3. The number of halogens is 3. The second-order valence-electron chi connectivity index (χ2n) is 7.78. The standard InChI is InChI=1S/C20H17F3N2O2/c21-20(22,23)15-8-13(16-2-4-18(26)25-24-16)1-3-17(15)27-19-9-11-5-12(10-19)7-14(19)6-11/h1-4,6,8,11-12H,5,7,9-10H2,(H,25,26). The maximum atomic E-state index is 13.7. The van der Waals surface area contributed by atoms with Crippen LogP contribution in [0.15, 0.2) is 46.8 Å². The minimum Gasteiger partial charge on any atom is -0.482 e. The van der Waals surface area contributed by atoms with Crippen molar-refractivity contribution >= 4 is 0 Å². The minimum absolute atomic E-state index is 0.134. The SMILES string of the molecule is O=c1ccc(-c2ccc(OC34CC5C=C3CC(C5)C4)c(C(F)(F)F)c2)n[nH]1. The van der Waals surface area contributed by atoms with Gasteiger partial charge in [-0.2, -0.15) is 18.3 Å². The van der Waals surface area contributed by atoms with Gasteiger partial charge in [0.05, 0.1) is 11.3 Å². The first-order chi connectivity index (χ1) is 12.8. The molecular weight excluding hydrogens is 357 g/mol. The van der Waals surface area contributed by atoms with Gasteiger partial charge in [0.1, 0.15) is 11.4 Å². The van der Waals surface area contributed by atoms with E-state index in [9.17, 15) is 18.0 Å². The molecule has 0 saturated heterocycles. The first-order valence-electron chi connectivity index (χ1n) is 9.00. The van der Waals surface area contributed by atoms with Crippen molar-refractivity contribution in [2.75, 3.05) is 0 Å². The second kappa shape index (κ2) is 5.47. The Morgan fingerprint density at radius 2 is 2.04 bits per heavy atom. The van der Waals surface area contributed by atoms with Crippen molar-refractivity contribution in [2.45, 2.75) is 37.5 Å². The van der Waals surface area contributed by atoms with Gasteiger partial charge in [-0.3, -0.25) is 4.79 Å². The Bertz CT molecular complexity index is 991. The van der Waals surface area contributed by atoms with E-state index in [1.807, 2.05) is 0 Å². The summed E-state index contributed by atoms with van der Waals surface area (Å²) in [6, 6.07) is 6.60. The molecule has 0 spiro atoms. The van der Waals surface area contributed by atoms with Gasteiger partial charge in [0.15, 0.2) is 0 Å². The van der Waals surface area contributed by atoms with Gasteiger partial charge in [-0.15, -0.1) is 0 Å². The molecular formula is C20H17F3N2O2. The Hall–Kier alpha value is -2.57. The number of hydrogen-bond donors (Lipinski definition) is 1. The summed E-state index contributed by atoms with van der Waals surface area (Å²) < 4.78 is 47.3. The summed E-state index contributed by atoms with van der Waals surface area (Å²) in [4.78, 5) is 11.1. The van der Waals surface area contributed by atoms with Gasteiger partial charge in [0.2, 0.25) is 0 Å². The van der Waals surface area contributed by atoms with E-state index in [4.69, 9.17) is 4.74 Å². The lowest BCUT2D eigenvalue weighted by Crippen LogP contribution is -2.36. The summed E-state index contributed by atoms with van der Waals surface area (Å²) in [7, 11) is 0. The van der Waals surface area contributed by atoms with Crippen LogP contribution in [0.4, 0.5) is 13.2 Å². The number of H-pyrrole nitrogens is 1. The fraction of sp³-hybridized carbons (Fsp3) is 0.400. The Balaban J connectivity index is 1.54. The van der Waals surface area contributed by atoms with Crippen LogP contribution >= 0.6 is 0 Å². The molecule has 3 unspecified atom stereocenters. The molecule has 0 aliphatic heterocycles. The average molecular weight is 374 g/mol. The second-order valence-corrected chi connectivity index (χ2v) is 7.78. The molecule has 0 amide bonds. The number of allylic oxidation sites excluding steroid dienone is 1. The van der Waals surface area contributed by atoms with Crippen molar-refractivity contribution in [3.8, 4) is 17.0 Å². The van der Waals surface area contributed by atoms with Crippen LogP contribution in [-0.2, 0) is 6.18 Å². The first-order valence-corrected chi connectivity index (χ1v) is 9.00. The van der Waals surface area contributed by atoms with Crippen molar-refractivity contribution in [3.05, 3.63) is 57.9 Å². The summed E-state index contributed by atoms with van der Waals surface area (Å²) in [5, 5.41) is 6.06. The zero-order valence-electron chi connectivity index (χ0n) is 14.3. The van der Waals surface area contributed by atoms with Crippen LogP contribution in [0, 0.1) is 11.8 Å². The van der Waals surface area contributed by atoms with Crippen LogP contribution in [0.3, 0.4) is 0 Å². The Morgan fingerprint density at radius 1 is 1.19 bits per heavy atom. The fourth-order valence-corrected chi connectivity index (χ4v) is 4.98. The van der Waals surface area contributed by atoms with E-state index in [0.29, 0.717) is 11.8 Å². The Kier molecular flexibility index (Phi) is 3.36. The molecule has 4 aliphatic rings. The van der Waals surface area contributed by atoms with E-state index in [2.05, 4.69) is 16.3 Å². The third-order valence-electron chi connectivity index (χ3n) is 5.94. The third kappa shape index (κ3) is 2.67. The number of nitrogens with zero attached hydrogens (tertiary/aromatic N) is 1. The molecule has 2 saturated carbocycles. The number of nitrogens with one attached hydrogen (secondary N) is 1. The number of aromatic nitrogens is 2. The number of ether oxygens (including phenoxy) is 1. The average Bonchev–Trinajstić information content (AvgIpc) is 2.98. The number of aromatic amines is 1. The molecule has 1 N–H and O–H groups in total. The quantitative estimate of drug-likeness (QED) is 0.814. The summed E-state index contributed by atoms with van der Waals surface area (Å²) in [5.74, 6) is 0.832. The van der Waals surface area contributed by atoms with Gasteiger partial charge in [-0.25, -0.2) is 5.10 Å². The Labute approximate surface area is 153 Å². The predicted octanol–water partition coefficient (Wildman–Crippen LogP) is 4.33. The molecule has 4 aliphatic carbocycles. The van der Waals surface area contributed by atoms with Crippen LogP contribution in [0.5, 0.6) is 5.75 Å². The molecule has 7 heteroatoms. The molecule has 4 bridgehead atoms. The van der Waals surface area contributed by atoms with Crippen LogP contribution in [0.1, 0.15) is 31.2 Å². The van der Waals surface area contributed by atoms with Gasteiger partial charge >= 0.3 is 6.18 Å². The normalized spacial score (nSPS) is 28.5. The molecule has 140 valence electrons. The van der Waals surface area contributed by atoms with Crippen LogP contribution in [-0.4, -0.2) is 15.8 Å². The Morgan fingerprint density at radius 3 is 2.74 bits per heavy atom. The van der Waals surface area contributed by atoms with Crippen molar-refractivity contribution < 1.29 is 17.9 Å². The molecule has 4 nitrogen and oxygen atoms in total. The molecule has 27 heavy (non-hydrogen) atoms. The molecule has 6 rings (SSSR count). The van der Waals surface area contributed by atoms with Crippen molar-refractivity contribution in [1.82, 2.24) is 10.2 Å². The molecule has 2 aromatic rings. The maximum Gasteiger partial charge on any atom is 0.419 e. The predicted molar refractivity (Wildman–Crippen MR) is 92.2 cm³/mol. The van der Waals surface area contributed by atoms with Crippen molar-refractivity contribution in [1.29, 1.82) is 0 Å². The fourth-order valence-electron chi connectivity index (χ4n) is 4.98. The molecule has 2 fully saturated rings. The van der Waals surface area contributed by atoms with Gasteiger partial charge in [-0.05, 0) is 67.4 Å². The van der Waals surface area contributed by atoms with Gasteiger partial charge < -0.3 is 4.74 Å². The van der Waals surface area contributed by atoms with E-state index in [1.54, 1.807) is 6.07 Å². The highest BCUT2D eigenvalue weighted by Crippen LogP contribution is 2.59. The lowest BCUT2D eigenvalue weighted by molar-refractivity contribution is -0.139. The number of rotatable bonds is 3. The zero-order valence-corrected chi connectivity index (χ0v) is 14.3. The minimum atomic E-state index is -4.55. The van der Waals surface area contributed by atoms with Gasteiger partial charge in [-0.1, -0.05) is 6.08 Å². The topological polar surface area (TPSA) is 55.0 Å². The van der Waals surface area contributed by atoms with Gasteiger partial charge in [0.25, 0.3) is 5.56 Å². The summed E-state index contributed by atoms with van der Waals surface area (Å²) in [6.45, 7) is 0. The lowest BCUT2D eigenvalue weighted by Gasteiger charge is -2.34. The van der Waals surface area contributed by atoms with Crippen molar-refractivity contribution in [3.63, 3.8) is 0 Å². The number of benzene rings is 1. The summed E-state index contributed by atoms with van der Waals surface area (Å²) in [6.07, 6.45) is 1.30. The van der Waals surface area contributed by atoms with E-state index >= 15 is 0 Å². The van der Waals surface area contributed by atoms with Crippen LogP contribution in [0.2, 0.25) is 0 Å². The van der Waals surface area contributed by atoms with E-state index < -0.39 is 22.9 Å². The summed E-state index contributed by atoms with van der Waals surface area (Å²) >= 11 is 0. The van der Waals surface area contributed by atoms with Crippen LogP contribution < -0.4 is 10.3 Å². The largest absolute Gasteiger partial charge is 0.482 e. The maximum absolute atomic E-state index is 13.7. The third-order valence-corrected chi connectivity index (χ3v) is 5.94. The summed E-state index contributed by atoms with van der Waals surface area (Å²) in [5.41, 5.74) is -0.0642. The number of alkyl halides is 3. The molecule has 1 aromatic carbocycles. The lowest BCUT2D eigenvalue weighted by atomic mass is 9.81. The zero-order chi connectivity index (χ0) is 18.8. The van der Waals surface area contributed by atoms with E-state index in [1.165, 1.54) is 23.8 Å². The van der Waals surface area contributed by atoms with Gasteiger partial charge in [0, 0.05) is 11.6 Å². The van der Waals surface area contributed by atoms with E-state index in [0.717, 1.165) is 31.7 Å². The smallest absolute Gasteiger partial charge is 0.419 e. The highest BCUT2D eigenvalue weighted by atomic mass is 19.4. The highest BCUT2D eigenvalue weighted by Gasteiger charge is 2.55. The van der Waals surface area contributed by atoms with Crippen molar-refractivity contribution in [2.24, 2.45) is 11.8 Å². The molecule has 1 heterocycles. The van der Waals surface area contributed by atoms with E-state index in [-0.39, 0.29) is 17.0 Å². The van der Waals surface area contributed by atoms with Crippen LogP contribution in [0.25, 0.3) is 11.3 Å². The molecule has 1 aromatic heterocycles. The monoisotopic (exact) mass is 374 g/mol. The molecule has 3 atom stereocenters. The highest BCUT2D eigenvalue weighted by molar-refractivity contribution is 5.62. The molecule has 0 radical (unpaired) electrons.